The molecule has 0 unspecified atom stereocenters. The highest BCUT2D eigenvalue weighted by atomic mass is 35.5. The number of nitrogens with one attached hydrogen (secondary N) is 1. The van der Waals surface area contributed by atoms with Gasteiger partial charge in [-0.3, -0.25) is 4.79 Å². The van der Waals surface area contributed by atoms with Gasteiger partial charge in [-0.15, -0.1) is 0 Å². The number of carbonyl (C=O) groups excluding carboxylic acids is 1. The maximum absolute atomic E-state index is 12.7. The fourth-order valence-electron chi connectivity index (χ4n) is 3.17. The zero-order valence-electron chi connectivity index (χ0n) is 19.1. The number of hydrogen-bond acceptors (Lipinski definition) is 4. The quantitative estimate of drug-likeness (QED) is 0.267. The molecule has 0 aromatic heterocycles. The van der Waals surface area contributed by atoms with Crippen molar-refractivity contribution in [1.82, 2.24) is 0 Å². The van der Waals surface area contributed by atoms with Crippen molar-refractivity contribution in [3.63, 3.8) is 0 Å². The van der Waals surface area contributed by atoms with E-state index in [1.165, 1.54) is 6.08 Å². The van der Waals surface area contributed by atoms with Crippen molar-refractivity contribution in [2.24, 2.45) is 0 Å². The van der Waals surface area contributed by atoms with Crippen LogP contribution in [0.1, 0.15) is 29.2 Å². The smallest absolute Gasteiger partial charge is 0.266 e. The number of rotatable bonds is 8. The van der Waals surface area contributed by atoms with Crippen molar-refractivity contribution < 1.29 is 14.3 Å². The molecule has 0 saturated carbocycles. The summed E-state index contributed by atoms with van der Waals surface area (Å²) in [4.78, 5) is 12.7. The van der Waals surface area contributed by atoms with Crippen LogP contribution in [-0.4, -0.2) is 12.5 Å². The number of nitrogens with zero attached hydrogens (tertiary/aromatic N) is 1. The van der Waals surface area contributed by atoms with Crippen LogP contribution < -0.4 is 14.8 Å². The lowest BCUT2D eigenvalue weighted by Gasteiger charge is -2.14. The second-order valence-corrected chi connectivity index (χ2v) is 8.45. The van der Waals surface area contributed by atoms with Gasteiger partial charge in [-0.05, 0) is 73.9 Å². The first-order valence-electron chi connectivity index (χ1n) is 10.6. The maximum atomic E-state index is 12.7. The summed E-state index contributed by atoms with van der Waals surface area (Å²) in [5, 5.41) is 13.5. The molecular formula is C27H24Cl2N2O3. The first kappa shape index (κ1) is 25.2. The number of hydrogen-bond donors (Lipinski definition) is 1. The zero-order valence-corrected chi connectivity index (χ0v) is 20.6. The highest BCUT2D eigenvalue weighted by Crippen LogP contribution is 2.31. The van der Waals surface area contributed by atoms with E-state index in [1.54, 1.807) is 36.4 Å². The predicted molar refractivity (Wildman–Crippen MR) is 137 cm³/mol. The highest BCUT2D eigenvalue weighted by Gasteiger charge is 2.13. The first-order valence-corrected chi connectivity index (χ1v) is 11.4. The minimum Gasteiger partial charge on any atom is -0.490 e. The van der Waals surface area contributed by atoms with Gasteiger partial charge in [0.15, 0.2) is 11.5 Å². The standard InChI is InChI=1S/C27H24Cl2N2O3/c1-4-33-26-13-19(7-10-25(26)34-16-20-8-9-22(28)14-23(20)29)12-21(15-30)27(32)31-24-11-17(2)5-6-18(24)3/h5-14H,4,16H2,1-3H3,(H,31,32)/b21-12-. The van der Waals surface area contributed by atoms with Gasteiger partial charge in [0, 0.05) is 21.3 Å². The maximum Gasteiger partial charge on any atom is 0.266 e. The second kappa shape index (κ2) is 11.6. The average molecular weight is 495 g/mol. The molecule has 0 radical (unpaired) electrons. The number of benzene rings is 3. The normalized spacial score (nSPS) is 11.0. The van der Waals surface area contributed by atoms with Gasteiger partial charge in [0.1, 0.15) is 18.2 Å². The molecule has 3 aromatic carbocycles. The molecule has 3 aromatic rings. The number of nitriles is 1. The van der Waals surface area contributed by atoms with Gasteiger partial charge in [-0.25, -0.2) is 0 Å². The Morgan fingerprint density at radius 1 is 1.03 bits per heavy atom. The first-order chi connectivity index (χ1) is 16.3. The summed E-state index contributed by atoms with van der Waals surface area (Å²) in [5.74, 6) is 0.531. The van der Waals surface area contributed by atoms with Gasteiger partial charge in [0.2, 0.25) is 0 Å². The lowest BCUT2D eigenvalue weighted by molar-refractivity contribution is -0.112. The predicted octanol–water partition coefficient (Wildman–Crippen LogP) is 7.13. The van der Waals surface area contributed by atoms with Crippen LogP contribution in [0.25, 0.3) is 6.08 Å². The Morgan fingerprint density at radius 2 is 1.82 bits per heavy atom. The Bertz CT molecular complexity index is 1280. The van der Waals surface area contributed by atoms with Gasteiger partial charge < -0.3 is 14.8 Å². The van der Waals surface area contributed by atoms with Gasteiger partial charge in [-0.2, -0.15) is 5.26 Å². The summed E-state index contributed by atoms with van der Waals surface area (Å²) in [7, 11) is 0. The van der Waals surface area contributed by atoms with Gasteiger partial charge in [-0.1, -0.05) is 47.5 Å². The average Bonchev–Trinajstić information content (AvgIpc) is 2.80. The minimum atomic E-state index is -0.480. The van der Waals surface area contributed by atoms with Crippen molar-refractivity contribution in [3.05, 3.63) is 92.5 Å². The summed E-state index contributed by atoms with van der Waals surface area (Å²) < 4.78 is 11.6. The van der Waals surface area contributed by atoms with E-state index in [-0.39, 0.29) is 12.2 Å². The molecule has 0 aliphatic heterocycles. The fourth-order valence-corrected chi connectivity index (χ4v) is 3.63. The molecular weight excluding hydrogens is 471 g/mol. The lowest BCUT2D eigenvalue weighted by Crippen LogP contribution is -2.14. The Balaban J connectivity index is 1.81. The largest absolute Gasteiger partial charge is 0.490 e. The molecule has 0 fully saturated rings. The Hall–Kier alpha value is -3.46. The van der Waals surface area contributed by atoms with Gasteiger partial charge in [0.25, 0.3) is 5.91 Å². The fraction of sp³-hybridized carbons (Fsp3) is 0.185. The molecule has 0 spiro atoms. The van der Waals surface area contributed by atoms with Crippen LogP contribution in [0, 0.1) is 25.2 Å². The van der Waals surface area contributed by atoms with Crippen molar-refractivity contribution in [2.75, 3.05) is 11.9 Å². The van der Waals surface area contributed by atoms with Crippen molar-refractivity contribution in [1.29, 1.82) is 5.26 Å². The molecule has 174 valence electrons. The lowest BCUT2D eigenvalue weighted by atomic mass is 10.1. The van der Waals surface area contributed by atoms with E-state index >= 15 is 0 Å². The van der Waals surface area contributed by atoms with E-state index in [0.29, 0.717) is 39.4 Å². The summed E-state index contributed by atoms with van der Waals surface area (Å²) in [6.45, 7) is 6.35. The monoisotopic (exact) mass is 494 g/mol. The van der Waals surface area contributed by atoms with E-state index < -0.39 is 5.91 Å². The van der Waals surface area contributed by atoms with Crippen LogP contribution >= 0.6 is 23.2 Å². The van der Waals surface area contributed by atoms with Crippen LogP contribution in [0.4, 0.5) is 5.69 Å². The number of ether oxygens (including phenoxy) is 2. The van der Waals surface area contributed by atoms with E-state index in [9.17, 15) is 10.1 Å². The Kier molecular flexibility index (Phi) is 8.59. The molecule has 34 heavy (non-hydrogen) atoms. The van der Waals surface area contributed by atoms with E-state index in [1.807, 2.05) is 45.0 Å². The summed E-state index contributed by atoms with van der Waals surface area (Å²) in [6.07, 6.45) is 1.52. The van der Waals surface area contributed by atoms with Crippen molar-refractivity contribution in [3.8, 4) is 17.6 Å². The highest BCUT2D eigenvalue weighted by molar-refractivity contribution is 6.35. The number of aryl methyl sites for hydroxylation is 2. The third-order valence-corrected chi connectivity index (χ3v) is 5.57. The number of amides is 1. The zero-order chi connectivity index (χ0) is 24.7. The van der Waals surface area contributed by atoms with Crippen LogP contribution in [0.15, 0.2) is 60.2 Å². The molecule has 7 heteroatoms. The van der Waals surface area contributed by atoms with Crippen LogP contribution in [0.5, 0.6) is 11.5 Å². The number of carbonyl (C=O) groups is 1. The molecule has 1 amide bonds. The summed E-state index contributed by atoms with van der Waals surface area (Å²) >= 11 is 12.2. The summed E-state index contributed by atoms with van der Waals surface area (Å²) in [5.41, 5.74) is 3.99. The SMILES string of the molecule is CCOc1cc(/C=C(/C#N)C(=O)Nc2cc(C)ccc2C)ccc1OCc1ccc(Cl)cc1Cl. The van der Waals surface area contributed by atoms with Crippen molar-refractivity contribution in [2.45, 2.75) is 27.4 Å². The topological polar surface area (TPSA) is 71.3 Å². The van der Waals surface area contributed by atoms with Crippen LogP contribution in [0.3, 0.4) is 0 Å². The minimum absolute atomic E-state index is 0.0232. The van der Waals surface area contributed by atoms with Gasteiger partial charge >= 0.3 is 0 Å². The second-order valence-electron chi connectivity index (χ2n) is 7.61. The molecule has 0 heterocycles. The van der Waals surface area contributed by atoms with E-state index in [0.717, 1.165) is 16.7 Å². The van der Waals surface area contributed by atoms with Crippen molar-refractivity contribution >= 4 is 40.9 Å². The van der Waals surface area contributed by atoms with Crippen LogP contribution in [0.2, 0.25) is 10.0 Å². The third-order valence-electron chi connectivity index (χ3n) is 4.98. The Labute approximate surface area is 209 Å². The Morgan fingerprint density at radius 3 is 2.53 bits per heavy atom. The molecule has 0 saturated heterocycles. The number of halogens is 2. The van der Waals surface area contributed by atoms with E-state index in [4.69, 9.17) is 32.7 Å². The number of anilines is 1. The van der Waals surface area contributed by atoms with Crippen LogP contribution in [-0.2, 0) is 11.4 Å². The molecule has 0 aliphatic carbocycles. The molecule has 0 atom stereocenters. The molecule has 5 nitrogen and oxygen atoms in total. The molecule has 3 rings (SSSR count). The third kappa shape index (κ3) is 6.54. The van der Waals surface area contributed by atoms with E-state index in [2.05, 4.69) is 5.32 Å². The molecule has 0 aliphatic rings. The van der Waals surface area contributed by atoms with Gasteiger partial charge in [0.05, 0.1) is 6.61 Å². The molecule has 0 bridgehead atoms. The molecule has 1 N–H and O–H groups in total. The summed E-state index contributed by atoms with van der Waals surface area (Å²) in [6, 6.07) is 18.2.